The van der Waals surface area contributed by atoms with Crippen LogP contribution in [0.4, 0.5) is 0 Å². The highest BCUT2D eigenvalue weighted by molar-refractivity contribution is 5.86. The van der Waals surface area contributed by atoms with Gasteiger partial charge < -0.3 is 15.3 Å². The minimum atomic E-state index is 0.786. The fraction of sp³-hybridized carbons (Fsp3) is 0.267. The van der Waals surface area contributed by atoms with Crippen molar-refractivity contribution in [2.45, 2.75) is 19.9 Å². The van der Waals surface area contributed by atoms with Crippen molar-refractivity contribution in [3.63, 3.8) is 0 Å². The number of H-pyrrole nitrogens is 2. The van der Waals surface area contributed by atoms with Crippen LogP contribution < -0.4 is 5.32 Å². The summed E-state index contributed by atoms with van der Waals surface area (Å²) in [6.07, 6.45) is 6.76. The van der Waals surface area contributed by atoms with Crippen molar-refractivity contribution >= 4 is 10.9 Å². The molecule has 1 aromatic carbocycles. The van der Waals surface area contributed by atoms with E-state index in [9.17, 15) is 0 Å². The Morgan fingerprint density at radius 2 is 2.21 bits per heavy atom. The van der Waals surface area contributed by atoms with Gasteiger partial charge >= 0.3 is 0 Å². The third-order valence-corrected chi connectivity index (χ3v) is 3.41. The summed E-state index contributed by atoms with van der Waals surface area (Å²) >= 11 is 0. The topological polar surface area (TPSA) is 56.5 Å². The van der Waals surface area contributed by atoms with Gasteiger partial charge in [-0.05, 0) is 37.1 Å². The molecule has 0 amide bonds. The van der Waals surface area contributed by atoms with Crippen LogP contribution in [0.5, 0.6) is 0 Å². The Labute approximate surface area is 112 Å². The first kappa shape index (κ1) is 12.0. The van der Waals surface area contributed by atoms with Crippen molar-refractivity contribution in [2.75, 3.05) is 6.54 Å². The molecule has 0 radical (unpaired) electrons. The van der Waals surface area contributed by atoms with Crippen LogP contribution in [0.2, 0.25) is 0 Å². The van der Waals surface area contributed by atoms with E-state index in [4.69, 9.17) is 0 Å². The van der Waals surface area contributed by atoms with Crippen LogP contribution in [-0.2, 0) is 13.0 Å². The summed E-state index contributed by atoms with van der Waals surface area (Å²) in [7, 11) is 0. The van der Waals surface area contributed by atoms with E-state index in [1.807, 2.05) is 6.20 Å². The highest BCUT2D eigenvalue weighted by Crippen LogP contribution is 2.22. The monoisotopic (exact) mass is 254 g/mol. The number of nitrogens with one attached hydrogen (secondary N) is 3. The van der Waals surface area contributed by atoms with Gasteiger partial charge in [0.05, 0.1) is 6.54 Å². The van der Waals surface area contributed by atoms with Gasteiger partial charge in [-0.1, -0.05) is 12.1 Å². The van der Waals surface area contributed by atoms with E-state index < -0.39 is 0 Å². The Hall–Kier alpha value is -2.07. The van der Waals surface area contributed by atoms with E-state index in [1.165, 1.54) is 22.0 Å². The number of aryl methyl sites for hydroxylation is 1. The molecule has 0 aliphatic carbocycles. The van der Waals surface area contributed by atoms with E-state index in [-0.39, 0.29) is 0 Å². The van der Waals surface area contributed by atoms with Crippen LogP contribution in [0.1, 0.15) is 17.0 Å². The van der Waals surface area contributed by atoms with Crippen LogP contribution in [0.25, 0.3) is 10.9 Å². The van der Waals surface area contributed by atoms with Crippen molar-refractivity contribution < 1.29 is 0 Å². The van der Waals surface area contributed by atoms with E-state index in [0.29, 0.717) is 0 Å². The Kier molecular flexibility index (Phi) is 3.33. The third-order valence-electron chi connectivity index (χ3n) is 3.41. The second-order valence-corrected chi connectivity index (χ2v) is 4.77. The first-order valence-electron chi connectivity index (χ1n) is 6.59. The minimum absolute atomic E-state index is 0.786. The molecular weight excluding hydrogens is 236 g/mol. The zero-order valence-corrected chi connectivity index (χ0v) is 11.0. The average Bonchev–Trinajstić information content (AvgIpc) is 3.05. The first-order chi connectivity index (χ1) is 9.34. The summed E-state index contributed by atoms with van der Waals surface area (Å²) in [5.41, 5.74) is 3.93. The Bertz CT molecular complexity index is 652. The van der Waals surface area contributed by atoms with Crippen molar-refractivity contribution in [2.24, 2.45) is 0 Å². The molecule has 0 spiro atoms. The number of aromatic amines is 2. The molecule has 0 atom stereocenters. The highest BCUT2D eigenvalue weighted by Gasteiger charge is 2.05. The Balaban J connectivity index is 1.62. The van der Waals surface area contributed by atoms with Gasteiger partial charge in [0, 0.05) is 29.5 Å². The lowest BCUT2D eigenvalue weighted by Gasteiger charge is -2.04. The van der Waals surface area contributed by atoms with E-state index in [0.717, 1.165) is 25.3 Å². The minimum Gasteiger partial charge on any atom is -0.361 e. The number of aromatic nitrogens is 3. The predicted molar refractivity (Wildman–Crippen MR) is 77.0 cm³/mol. The fourth-order valence-electron chi connectivity index (χ4n) is 2.47. The lowest BCUT2D eigenvalue weighted by Crippen LogP contribution is -2.17. The number of hydrogen-bond acceptors (Lipinski definition) is 2. The second-order valence-electron chi connectivity index (χ2n) is 4.77. The highest BCUT2D eigenvalue weighted by atomic mass is 15.0. The smallest absolute Gasteiger partial charge is 0.120 e. The number of fused-ring (bicyclic) bond motifs is 1. The zero-order valence-electron chi connectivity index (χ0n) is 11.0. The van der Waals surface area contributed by atoms with Crippen molar-refractivity contribution in [1.82, 2.24) is 20.3 Å². The van der Waals surface area contributed by atoms with Crippen molar-refractivity contribution in [3.8, 4) is 0 Å². The van der Waals surface area contributed by atoms with Gasteiger partial charge in [-0.25, -0.2) is 4.98 Å². The third kappa shape index (κ3) is 2.53. The van der Waals surface area contributed by atoms with Gasteiger partial charge in [0.1, 0.15) is 5.82 Å². The molecule has 0 saturated carbocycles. The summed E-state index contributed by atoms with van der Waals surface area (Å²) in [6, 6.07) is 6.38. The van der Waals surface area contributed by atoms with E-state index >= 15 is 0 Å². The van der Waals surface area contributed by atoms with Gasteiger partial charge in [-0.2, -0.15) is 0 Å². The number of rotatable bonds is 5. The molecule has 98 valence electrons. The number of hydrogen-bond donors (Lipinski definition) is 3. The van der Waals surface area contributed by atoms with Gasteiger partial charge in [0.15, 0.2) is 0 Å². The summed E-state index contributed by atoms with van der Waals surface area (Å²) < 4.78 is 0. The molecule has 0 unspecified atom stereocenters. The summed E-state index contributed by atoms with van der Waals surface area (Å²) in [4.78, 5) is 10.6. The first-order valence-corrected chi connectivity index (χ1v) is 6.59. The van der Waals surface area contributed by atoms with Gasteiger partial charge in [-0.15, -0.1) is 0 Å². The van der Waals surface area contributed by atoms with Crippen molar-refractivity contribution in [1.29, 1.82) is 0 Å². The molecule has 3 rings (SSSR count). The van der Waals surface area contributed by atoms with Crippen molar-refractivity contribution in [3.05, 3.63) is 53.7 Å². The lowest BCUT2D eigenvalue weighted by molar-refractivity contribution is 0.666. The standard InChI is InChI=1S/C15H18N4/c1-11-3-2-4-13-15(11)12(9-19-13)5-6-16-10-14-17-7-8-18-14/h2-4,7-9,16,19H,5-6,10H2,1H3,(H,17,18). The molecule has 2 heterocycles. The second kappa shape index (κ2) is 5.28. The SMILES string of the molecule is Cc1cccc2[nH]cc(CCNCc3ncc[nH]3)c12. The molecule has 0 aliphatic rings. The van der Waals surface area contributed by atoms with Crippen LogP contribution in [0, 0.1) is 6.92 Å². The molecule has 0 bridgehead atoms. The number of benzene rings is 1. The Morgan fingerprint density at radius 3 is 3.05 bits per heavy atom. The molecule has 0 aliphatic heterocycles. The molecule has 0 saturated heterocycles. The largest absolute Gasteiger partial charge is 0.361 e. The summed E-state index contributed by atoms with van der Waals surface area (Å²) in [5.74, 6) is 0.982. The van der Waals surface area contributed by atoms with Gasteiger partial charge in [0.2, 0.25) is 0 Å². The molecular formula is C15H18N4. The van der Waals surface area contributed by atoms with Crippen LogP contribution in [0.15, 0.2) is 36.8 Å². The molecule has 19 heavy (non-hydrogen) atoms. The average molecular weight is 254 g/mol. The van der Waals surface area contributed by atoms with E-state index in [2.05, 4.69) is 51.6 Å². The molecule has 3 N–H and O–H groups in total. The fourth-order valence-corrected chi connectivity index (χ4v) is 2.47. The predicted octanol–water partition coefficient (Wildman–Crippen LogP) is 2.53. The molecule has 4 nitrogen and oxygen atoms in total. The molecule has 3 aromatic rings. The summed E-state index contributed by atoms with van der Waals surface area (Å²) in [6.45, 7) is 3.90. The van der Waals surface area contributed by atoms with Crippen LogP contribution in [0.3, 0.4) is 0 Å². The van der Waals surface area contributed by atoms with Crippen LogP contribution in [-0.4, -0.2) is 21.5 Å². The van der Waals surface area contributed by atoms with Gasteiger partial charge in [0.25, 0.3) is 0 Å². The zero-order chi connectivity index (χ0) is 13.1. The molecule has 2 aromatic heterocycles. The number of nitrogens with zero attached hydrogens (tertiary/aromatic N) is 1. The van der Waals surface area contributed by atoms with Gasteiger partial charge in [-0.3, -0.25) is 0 Å². The molecule has 4 heteroatoms. The number of imidazole rings is 1. The maximum Gasteiger partial charge on any atom is 0.120 e. The maximum atomic E-state index is 4.19. The maximum absolute atomic E-state index is 4.19. The quantitative estimate of drug-likeness (QED) is 0.613. The van der Waals surface area contributed by atoms with Crippen LogP contribution >= 0.6 is 0 Å². The van der Waals surface area contributed by atoms with E-state index in [1.54, 1.807) is 6.20 Å². The normalized spacial score (nSPS) is 11.2. The Morgan fingerprint density at radius 1 is 1.26 bits per heavy atom. The lowest BCUT2D eigenvalue weighted by atomic mass is 10.1. The molecule has 0 fully saturated rings. The summed E-state index contributed by atoms with van der Waals surface area (Å²) in [5, 5.41) is 4.77.